The second-order valence-corrected chi connectivity index (χ2v) is 5.76. The van der Waals surface area contributed by atoms with E-state index in [0.29, 0.717) is 6.54 Å². The van der Waals surface area contributed by atoms with Crippen molar-refractivity contribution in [2.45, 2.75) is 24.6 Å². The van der Waals surface area contributed by atoms with E-state index < -0.39 is 0 Å². The fourth-order valence-corrected chi connectivity index (χ4v) is 3.15. The lowest BCUT2D eigenvalue weighted by Gasteiger charge is -2.34. The van der Waals surface area contributed by atoms with Crippen molar-refractivity contribution in [2.24, 2.45) is 5.73 Å². The van der Waals surface area contributed by atoms with Crippen LogP contribution in [0.5, 0.6) is 5.75 Å². The molecule has 2 rings (SSSR count). The Balaban J connectivity index is 2.16. The number of methoxy groups -OCH3 is 1. The fraction of sp³-hybridized carbons (Fsp3) is 0.571. The van der Waals surface area contributed by atoms with E-state index in [4.69, 9.17) is 10.5 Å². The summed E-state index contributed by atoms with van der Waals surface area (Å²) in [6, 6.07) is 6.18. The number of benzene rings is 1. The van der Waals surface area contributed by atoms with Gasteiger partial charge in [-0.25, -0.2) is 0 Å². The van der Waals surface area contributed by atoms with Gasteiger partial charge in [0.15, 0.2) is 0 Å². The van der Waals surface area contributed by atoms with Crippen LogP contribution in [0.1, 0.15) is 18.4 Å². The molecule has 1 aliphatic rings. The van der Waals surface area contributed by atoms with Gasteiger partial charge in [-0.05, 0) is 30.7 Å². The first-order valence-electron chi connectivity index (χ1n) is 6.43. The maximum Gasteiger partial charge on any atom is 0.120 e. The first-order valence-corrected chi connectivity index (χ1v) is 7.72. The van der Waals surface area contributed by atoms with Gasteiger partial charge in [0.25, 0.3) is 0 Å². The van der Waals surface area contributed by atoms with Crippen LogP contribution in [0.3, 0.4) is 0 Å². The summed E-state index contributed by atoms with van der Waals surface area (Å²) < 4.78 is 5.32. The average Bonchev–Trinajstić information content (AvgIpc) is 2.46. The SMILES string of the molecule is COc1ccc(CN)c(N2CCC(SC)CC2)c1. The van der Waals surface area contributed by atoms with Crippen LogP contribution < -0.4 is 15.4 Å². The predicted octanol–water partition coefficient (Wildman–Crippen LogP) is 2.49. The van der Waals surface area contributed by atoms with Crippen molar-refractivity contribution in [3.8, 4) is 5.75 Å². The third-order valence-electron chi connectivity index (χ3n) is 3.63. The van der Waals surface area contributed by atoms with E-state index in [1.54, 1.807) is 7.11 Å². The lowest BCUT2D eigenvalue weighted by Crippen LogP contribution is -2.35. The molecular formula is C14H22N2OS. The molecule has 1 aromatic rings. The molecular weight excluding hydrogens is 244 g/mol. The third-order valence-corrected chi connectivity index (χ3v) is 4.77. The summed E-state index contributed by atoms with van der Waals surface area (Å²) in [7, 11) is 1.71. The van der Waals surface area contributed by atoms with Crippen LogP contribution in [-0.4, -0.2) is 31.7 Å². The van der Waals surface area contributed by atoms with Crippen LogP contribution >= 0.6 is 11.8 Å². The summed E-state index contributed by atoms with van der Waals surface area (Å²) in [6.07, 6.45) is 4.71. The van der Waals surface area contributed by atoms with Crippen molar-refractivity contribution in [1.82, 2.24) is 0 Å². The van der Waals surface area contributed by atoms with Crippen molar-refractivity contribution in [1.29, 1.82) is 0 Å². The minimum absolute atomic E-state index is 0.585. The molecule has 0 bridgehead atoms. The normalized spacial score (nSPS) is 16.9. The molecule has 1 saturated heterocycles. The van der Waals surface area contributed by atoms with Crippen LogP contribution in [0.25, 0.3) is 0 Å². The highest BCUT2D eigenvalue weighted by Crippen LogP contribution is 2.30. The Morgan fingerprint density at radius 3 is 2.67 bits per heavy atom. The van der Waals surface area contributed by atoms with Crippen LogP contribution in [0.2, 0.25) is 0 Å². The van der Waals surface area contributed by atoms with Crippen LogP contribution in [0, 0.1) is 0 Å². The Kier molecular flexibility index (Phi) is 4.78. The van der Waals surface area contributed by atoms with Gasteiger partial charge < -0.3 is 15.4 Å². The van der Waals surface area contributed by atoms with Gasteiger partial charge in [-0.1, -0.05) is 6.07 Å². The molecule has 1 heterocycles. The highest BCUT2D eigenvalue weighted by atomic mass is 32.2. The van der Waals surface area contributed by atoms with Crippen LogP contribution in [0.15, 0.2) is 18.2 Å². The molecule has 0 unspecified atom stereocenters. The summed E-state index contributed by atoms with van der Waals surface area (Å²) in [5.41, 5.74) is 8.28. The van der Waals surface area contributed by atoms with E-state index in [1.807, 2.05) is 17.8 Å². The molecule has 100 valence electrons. The van der Waals surface area contributed by atoms with Gasteiger partial charge in [0.05, 0.1) is 7.11 Å². The lowest BCUT2D eigenvalue weighted by molar-refractivity contribution is 0.414. The van der Waals surface area contributed by atoms with Crippen molar-refractivity contribution in [2.75, 3.05) is 31.4 Å². The second kappa shape index (κ2) is 6.34. The first kappa shape index (κ1) is 13.6. The molecule has 0 amide bonds. The van der Waals surface area contributed by atoms with Gasteiger partial charge in [-0.15, -0.1) is 0 Å². The van der Waals surface area contributed by atoms with E-state index in [0.717, 1.165) is 24.1 Å². The topological polar surface area (TPSA) is 38.5 Å². The van der Waals surface area contributed by atoms with Crippen molar-refractivity contribution in [3.63, 3.8) is 0 Å². The molecule has 0 spiro atoms. The van der Waals surface area contributed by atoms with Crippen LogP contribution in [0.4, 0.5) is 5.69 Å². The predicted molar refractivity (Wildman–Crippen MR) is 79.6 cm³/mol. The molecule has 2 N–H and O–H groups in total. The molecule has 0 aromatic heterocycles. The van der Waals surface area contributed by atoms with E-state index in [2.05, 4.69) is 23.3 Å². The number of anilines is 1. The summed E-state index contributed by atoms with van der Waals surface area (Å²) in [4.78, 5) is 2.44. The third kappa shape index (κ3) is 2.93. The Bertz CT molecular complexity index is 389. The number of piperidine rings is 1. The minimum Gasteiger partial charge on any atom is -0.497 e. The molecule has 0 saturated carbocycles. The number of nitrogens with two attached hydrogens (primary N) is 1. The fourth-order valence-electron chi connectivity index (χ4n) is 2.47. The van der Waals surface area contributed by atoms with Crippen molar-refractivity contribution in [3.05, 3.63) is 23.8 Å². The van der Waals surface area contributed by atoms with Gasteiger partial charge >= 0.3 is 0 Å². The van der Waals surface area contributed by atoms with Gasteiger partial charge in [-0.2, -0.15) is 11.8 Å². The Morgan fingerprint density at radius 1 is 1.39 bits per heavy atom. The average molecular weight is 266 g/mol. The number of ether oxygens (including phenoxy) is 1. The van der Waals surface area contributed by atoms with Gasteiger partial charge in [0.2, 0.25) is 0 Å². The zero-order valence-electron chi connectivity index (χ0n) is 11.2. The van der Waals surface area contributed by atoms with E-state index in [-0.39, 0.29) is 0 Å². The summed E-state index contributed by atoms with van der Waals surface area (Å²) in [5.74, 6) is 0.911. The molecule has 1 aliphatic heterocycles. The zero-order chi connectivity index (χ0) is 13.0. The van der Waals surface area contributed by atoms with E-state index >= 15 is 0 Å². The van der Waals surface area contributed by atoms with Crippen molar-refractivity contribution < 1.29 is 4.74 Å². The molecule has 4 heteroatoms. The zero-order valence-corrected chi connectivity index (χ0v) is 12.0. The number of nitrogens with zero attached hydrogens (tertiary/aromatic N) is 1. The van der Waals surface area contributed by atoms with Crippen LogP contribution in [-0.2, 0) is 6.54 Å². The van der Waals surface area contributed by atoms with Gasteiger partial charge in [0, 0.05) is 36.6 Å². The molecule has 0 atom stereocenters. The molecule has 0 radical (unpaired) electrons. The van der Waals surface area contributed by atoms with Gasteiger partial charge in [-0.3, -0.25) is 0 Å². The monoisotopic (exact) mass is 266 g/mol. The summed E-state index contributed by atoms with van der Waals surface area (Å²) in [6.45, 7) is 2.82. The molecule has 0 aliphatic carbocycles. The highest BCUT2D eigenvalue weighted by molar-refractivity contribution is 7.99. The number of hydrogen-bond acceptors (Lipinski definition) is 4. The van der Waals surface area contributed by atoms with Gasteiger partial charge in [0.1, 0.15) is 5.75 Å². The number of rotatable bonds is 4. The van der Waals surface area contributed by atoms with E-state index in [9.17, 15) is 0 Å². The summed E-state index contributed by atoms with van der Waals surface area (Å²) in [5, 5.41) is 0.813. The standard InChI is InChI=1S/C14H22N2OS/c1-17-12-4-3-11(10-15)14(9-12)16-7-5-13(18-2)6-8-16/h3-4,9,13H,5-8,10,15H2,1-2H3. The summed E-state index contributed by atoms with van der Waals surface area (Å²) >= 11 is 1.98. The van der Waals surface area contributed by atoms with E-state index in [1.165, 1.54) is 24.1 Å². The maximum atomic E-state index is 5.83. The Hall–Kier alpha value is -0.870. The quantitative estimate of drug-likeness (QED) is 0.908. The number of thioether (sulfide) groups is 1. The number of hydrogen-bond donors (Lipinski definition) is 1. The molecule has 3 nitrogen and oxygen atoms in total. The Labute approximate surface area is 114 Å². The molecule has 18 heavy (non-hydrogen) atoms. The molecule has 1 fully saturated rings. The largest absolute Gasteiger partial charge is 0.497 e. The highest BCUT2D eigenvalue weighted by Gasteiger charge is 2.20. The smallest absolute Gasteiger partial charge is 0.120 e. The lowest BCUT2D eigenvalue weighted by atomic mass is 10.1. The molecule has 1 aromatic carbocycles. The first-order chi connectivity index (χ1) is 8.78. The van der Waals surface area contributed by atoms with Crippen molar-refractivity contribution >= 4 is 17.4 Å². The second-order valence-electron chi connectivity index (χ2n) is 4.62. The maximum absolute atomic E-state index is 5.83. The Morgan fingerprint density at radius 2 is 2.11 bits per heavy atom. The minimum atomic E-state index is 0.585.